The van der Waals surface area contributed by atoms with Crippen LogP contribution in [0.25, 0.3) is 0 Å². The molecule has 0 bridgehead atoms. The van der Waals surface area contributed by atoms with Gasteiger partial charge in [0.25, 0.3) is 0 Å². The quantitative estimate of drug-likeness (QED) is 0.801. The molecule has 2 rings (SSSR count). The Morgan fingerprint density at radius 2 is 2.22 bits per heavy atom. The number of hydrogen-bond acceptors (Lipinski definition) is 3. The lowest BCUT2D eigenvalue weighted by atomic mass is 10.2. The normalized spacial score (nSPS) is 14.6. The van der Waals surface area contributed by atoms with E-state index in [0.29, 0.717) is 4.99 Å². The Kier molecular flexibility index (Phi) is 4.17. The molecule has 18 heavy (non-hydrogen) atoms. The summed E-state index contributed by atoms with van der Waals surface area (Å²) in [5, 5.41) is 0. The van der Waals surface area contributed by atoms with E-state index in [4.69, 9.17) is 18.0 Å². The van der Waals surface area contributed by atoms with Gasteiger partial charge in [0, 0.05) is 24.3 Å². The Bertz CT molecular complexity index is 441. The van der Waals surface area contributed by atoms with Crippen molar-refractivity contribution in [3.05, 3.63) is 23.4 Å². The third kappa shape index (κ3) is 3.42. The molecule has 4 heteroatoms. The highest BCUT2D eigenvalue weighted by molar-refractivity contribution is 7.80. The van der Waals surface area contributed by atoms with Gasteiger partial charge < -0.3 is 10.6 Å². The Balaban J connectivity index is 2.24. The number of aryl methyl sites for hydroxylation is 1. The monoisotopic (exact) mass is 263 g/mol. The number of aromatic nitrogens is 1. The topological polar surface area (TPSA) is 42.1 Å². The molecule has 0 aliphatic heterocycles. The van der Waals surface area contributed by atoms with Crippen LogP contribution in [0.15, 0.2) is 12.1 Å². The minimum atomic E-state index is 0.449. The van der Waals surface area contributed by atoms with Crippen LogP contribution in [0, 0.1) is 12.8 Å². The number of anilines is 1. The zero-order chi connectivity index (χ0) is 13.1. The fourth-order valence-electron chi connectivity index (χ4n) is 2.14. The second-order valence-corrected chi connectivity index (χ2v) is 5.55. The lowest BCUT2D eigenvalue weighted by molar-refractivity contribution is 0.698. The van der Waals surface area contributed by atoms with E-state index in [1.165, 1.54) is 12.8 Å². The molecule has 0 amide bonds. The maximum Gasteiger partial charge on any atom is 0.129 e. The highest BCUT2D eigenvalue weighted by Gasteiger charge is 2.24. The van der Waals surface area contributed by atoms with Crippen LogP contribution in [0.3, 0.4) is 0 Å². The second-order valence-electron chi connectivity index (χ2n) is 5.11. The summed E-state index contributed by atoms with van der Waals surface area (Å²) < 4.78 is 0. The molecule has 1 aliphatic carbocycles. The van der Waals surface area contributed by atoms with Crippen molar-refractivity contribution in [2.45, 2.75) is 33.1 Å². The predicted molar refractivity (Wildman–Crippen MR) is 80.1 cm³/mol. The van der Waals surface area contributed by atoms with Crippen LogP contribution in [0.2, 0.25) is 0 Å². The molecule has 1 aromatic heterocycles. The molecule has 1 fully saturated rings. The van der Waals surface area contributed by atoms with Gasteiger partial charge in [0.1, 0.15) is 10.8 Å². The Morgan fingerprint density at radius 1 is 1.50 bits per heavy atom. The van der Waals surface area contributed by atoms with E-state index < -0.39 is 0 Å². The van der Waals surface area contributed by atoms with Gasteiger partial charge in [0.2, 0.25) is 0 Å². The van der Waals surface area contributed by atoms with Gasteiger partial charge in [0.15, 0.2) is 0 Å². The molecule has 98 valence electrons. The molecule has 1 aliphatic rings. The van der Waals surface area contributed by atoms with Gasteiger partial charge in [-0.25, -0.2) is 4.98 Å². The molecule has 3 nitrogen and oxygen atoms in total. The van der Waals surface area contributed by atoms with Gasteiger partial charge in [-0.15, -0.1) is 0 Å². The van der Waals surface area contributed by atoms with Gasteiger partial charge in [-0.05, 0) is 44.2 Å². The summed E-state index contributed by atoms with van der Waals surface area (Å²) in [5.41, 5.74) is 7.62. The van der Waals surface area contributed by atoms with E-state index in [1.807, 2.05) is 19.1 Å². The Labute approximate surface area is 114 Å². The molecule has 1 saturated carbocycles. The zero-order valence-corrected chi connectivity index (χ0v) is 12.0. The Morgan fingerprint density at radius 3 is 2.78 bits per heavy atom. The third-order valence-corrected chi connectivity index (χ3v) is 3.45. The highest BCUT2D eigenvalue weighted by Crippen LogP contribution is 2.31. The van der Waals surface area contributed by atoms with Gasteiger partial charge in [0.05, 0.1) is 0 Å². The molecule has 0 aromatic carbocycles. The van der Waals surface area contributed by atoms with E-state index >= 15 is 0 Å². The summed E-state index contributed by atoms with van der Waals surface area (Å²) in [7, 11) is 0. The maximum absolute atomic E-state index is 5.72. The van der Waals surface area contributed by atoms with Crippen LogP contribution in [0.5, 0.6) is 0 Å². The number of nitrogens with two attached hydrogens (primary N) is 1. The van der Waals surface area contributed by atoms with Crippen molar-refractivity contribution in [2.24, 2.45) is 11.7 Å². The van der Waals surface area contributed by atoms with Crippen molar-refractivity contribution in [2.75, 3.05) is 18.0 Å². The van der Waals surface area contributed by atoms with Crippen molar-refractivity contribution in [1.82, 2.24) is 4.98 Å². The summed E-state index contributed by atoms with van der Waals surface area (Å²) in [6, 6.07) is 3.97. The first-order valence-corrected chi connectivity index (χ1v) is 7.04. The van der Waals surface area contributed by atoms with Gasteiger partial charge in [-0.3, -0.25) is 0 Å². The predicted octanol–water partition coefficient (Wildman–Crippen LogP) is 2.65. The fraction of sp³-hybridized carbons (Fsp3) is 0.571. The van der Waals surface area contributed by atoms with Gasteiger partial charge in [-0.1, -0.05) is 19.1 Å². The highest BCUT2D eigenvalue weighted by atomic mass is 32.1. The molecular weight excluding hydrogens is 242 g/mol. The summed E-state index contributed by atoms with van der Waals surface area (Å²) in [4.78, 5) is 7.44. The number of hydrogen-bond donors (Lipinski definition) is 1. The summed E-state index contributed by atoms with van der Waals surface area (Å²) in [6.07, 6.45) is 3.84. The third-order valence-electron chi connectivity index (χ3n) is 3.22. The number of thiocarbonyl (C=S) groups is 1. The first-order valence-electron chi connectivity index (χ1n) is 6.63. The lowest BCUT2D eigenvalue weighted by Crippen LogP contribution is -2.28. The zero-order valence-electron chi connectivity index (χ0n) is 11.1. The molecular formula is C14H21N3S. The average Bonchev–Trinajstić information content (AvgIpc) is 3.11. The van der Waals surface area contributed by atoms with Crippen LogP contribution in [-0.4, -0.2) is 23.1 Å². The number of rotatable bonds is 6. The minimum absolute atomic E-state index is 0.449. The second kappa shape index (κ2) is 5.65. The van der Waals surface area contributed by atoms with E-state index in [2.05, 4.69) is 16.8 Å². The van der Waals surface area contributed by atoms with Crippen LogP contribution >= 0.6 is 12.2 Å². The van der Waals surface area contributed by atoms with Crippen LogP contribution in [0.1, 0.15) is 37.4 Å². The molecule has 2 N–H and O–H groups in total. The fourth-order valence-corrected chi connectivity index (χ4v) is 2.25. The largest absolute Gasteiger partial charge is 0.389 e. The molecule has 0 unspecified atom stereocenters. The maximum atomic E-state index is 5.72. The van der Waals surface area contributed by atoms with E-state index in [-0.39, 0.29) is 0 Å². The molecule has 1 heterocycles. The smallest absolute Gasteiger partial charge is 0.129 e. The van der Waals surface area contributed by atoms with E-state index in [9.17, 15) is 0 Å². The molecule has 0 radical (unpaired) electrons. The average molecular weight is 263 g/mol. The van der Waals surface area contributed by atoms with E-state index in [1.54, 1.807) is 0 Å². The molecule has 0 atom stereocenters. The first-order chi connectivity index (χ1) is 8.60. The van der Waals surface area contributed by atoms with Crippen LogP contribution < -0.4 is 10.6 Å². The summed E-state index contributed by atoms with van der Waals surface area (Å²) in [6.45, 7) is 6.35. The van der Waals surface area contributed by atoms with Crippen molar-refractivity contribution in [3.8, 4) is 0 Å². The SMILES string of the molecule is CCCN(CC1CC1)c1cc(C(N)=S)cc(C)n1. The summed E-state index contributed by atoms with van der Waals surface area (Å²) >= 11 is 5.06. The summed E-state index contributed by atoms with van der Waals surface area (Å²) in [5.74, 6) is 1.87. The van der Waals surface area contributed by atoms with Crippen LogP contribution in [-0.2, 0) is 0 Å². The molecule has 0 saturated heterocycles. The minimum Gasteiger partial charge on any atom is -0.389 e. The lowest BCUT2D eigenvalue weighted by Gasteiger charge is -2.24. The number of nitrogens with zero attached hydrogens (tertiary/aromatic N) is 2. The first kappa shape index (κ1) is 13.3. The van der Waals surface area contributed by atoms with E-state index in [0.717, 1.165) is 42.5 Å². The number of pyridine rings is 1. The van der Waals surface area contributed by atoms with Gasteiger partial charge in [-0.2, -0.15) is 0 Å². The van der Waals surface area contributed by atoms with Gasteiger partial charge >= 0.3 is 0 Å². The van der Waals surface area contributed by atoms with Crippen molar-refractivity contribution >= 4 is 23.0 Å². The van der Waals surface area contributed by atoms with Crippen LogP contribution in [0.4, 0.5) is 5.82 Å². The van der Waals surface area contributed by atoms with Crippen molar-refractivity contribution in [3.63, 3.8) is 0 Å². The molecule has 0 spiro atoms. The standard InChI is InChI=1S/C14H21N3S/c1-3-6-17(9-11-4-5-11)13-8-12(14(15)18)7-10(2)16-13/h7-8,11H,3-6,9H2,1-2H3,(H2,15,18). The van der Waals surface area contributed by atoms with Crippen molar-refractivity contribution < 1.29 is 0 Å². The van der Waals surface area contributed by atoms with Crippen molar-refractivity contribution in [1.29, 1.82) is 0 Å². The molecule has 1 aromatic rings. The Hall–Kier alpha value is -1.16.